The van der Waals surface area contributed by atoms with E-state index >= 15 is 4.39 Å². The Labute approximate surface area is 204 Å². The Kier molecular flexibility index (Phi) is 6.87. The lowest BCUT2D eigenvalue weighted by molar-refractivity contribution is -0.380. The van der Waals surface area contributed by atoms with E-state index in [1.165, 1.54) is 30.0 Å². The van der Waals surface area contributed by atoms with E-state index in [0.29, 0.717) is 35.9 Å². The fourth-order valence-electron chi connectivity index (χ4n) is 4.19. The molecule has 35 heavy (non-hydrogen) atoms. The molecule has 2 aromatic rings. The fraction of sp³-hybridized carbons (Fsp3) is 0.409. The summed E-state index contributed by atoms with van der Waals surface area (Å²) in [5.41, 5.74) is 0.699. The van der Waals surface area contributed by atoms with E-state index in [2.05, 4.69) is 5.32 Å². The van der Waals surface area contributed by atoms with Crippen LogP contribution in [0.5, 0.6) is 0 Å². The number of nitrogens with one attached hydrogen (secondary N) is 1. The normalized spacial score (nSPS) is 20.1. The highest BCUT2D eigenvalue weighted by Crippen LogP contribution is 2.31. The minimum Gasteiger partial charge on any atom is -0.442 e. The third-order valence-corrected chi connectivity index (χ3v) is 6.93. The Bertz CT molecular complexity index is 1170. The maximum atomic E-state index is 15.1. The summed E-state index contributed by atoms with van der Waals surface area (Å²) >= 11 is 0.835. The molecular formula is C22H24FN5O6S. The Balaban J connectivity index is 1.41. The van der Waals surface area contributed by atoms with Crippen molar-refractivity contribution < 1.29 is 28.4 Å². The summed E-state index contributed by atoms with van der Waals surface area (Å²) in [5.74, 6) is -1.03. The quantitative estimate of drug-likeness (QED) is 0.473. The summed E-state index contributed by atoms with van der Waals surface area (Å²) in [7, 11) is 0. The van der Waals surface area contributed by atoms with E-state index in [1.54, 1.807) is 17.0 Å². The van der Waals surface area contributed by atoms with Crippen LogP contribution >= 0.6 is 11.3 Å². The minimum atomic E-state index is -0.609. The van der Waals surface area contributed by atoms with Gasteiger partial charge in [0, 0.05) is 38.7 Å². The van der Waals surface area contributed by atoms with Gasteiger partial charge in [-0.1, -0.05) is 11.3 Å². The molecule has 4 rings (SSSR count). The predicted octanol–water partition coefficient (Wildman–Crippen LogP) is 2.61. The number of amides is 3. The second-order valence-electron chi connectivity index (χ2n) is 8.38. The van der Waals surface area contributed by atoms with Gasteiger partial charge in [0.2, 0.25) is 5.91 Å². The molecule has 0 spiro atoms. The smallest absolute Gasteiger partial charge is 0.414 e. The van der Waals surface area contributed by atoms with E-state index < -0.39 is 22.9 Å². The van der Waals surface area contributed by atoms with Crippen LogP contribution in [0, 0.1) is 15.9 Å². The topological polar surface area (TPSA) is 125 Å². The van der Waals surface area contributed by atoms with E-state index in [9.17, 15) is 24.5 Å². The van der Waals surface area contributed by atoms with Gasteiger partial charge in [0.25, 0.3) is 5.91 Å². The number of cyclic esters (lactones) is 1. The minimum absolute atomic E-state index is 0.0921. The van der Waals surface area contributed by atoms with Crippen molar-refractivity contribution in [3.05, 3.63) is 51.1 Å². The number of thiophene rings is 1. The molecule has 3 heterocycles. The molecule has 1 unspecified atom stereocenters. The number of anilines is 2. The van der Waals surface area contributed by atoms with Crippen molar-refractivity contribution in [1.82, 2.24) is 10.2 Å². The zero-order chi connectivity index (χ0) is 25.3. The molecule has 1 aromatic heterocycles. The Hall–Kier alpha value is -3.74. The van der Waals surface area contributed by atoms with Crippen LogP contribution in [-0.4, -0.2) is 72.6 Å². The molecule has 1 N–H and O–H groups in total. The number of nitrogens with zero attached hydrogens (tertiary/aromatic N) is 4. The monoisotopic (exact) mass is 505 g/mol. The van der Waals surface area contributed by atoms with Gasteiger partial charge in [-0.3, -0.25) is 24.6 Å². The third kappa shape index (κ3) is 5.19. The first-order chi connectivity index (χ1) is 16.6. The van der Waals surface area contributed by atoms with Crippen molar-refractivity contribution in [2.75, 3.05) is 42.5 Å². The lowest BCUT2D eigenvalue weighted by atomic mass is 10.1. The summed E-state index contributed by atoms with van der Waals surface area (Å²) in [5, 5.41) is 13.4. The molecule has 0 aliphatic carbocycles. The molecule has 0 saturated carbocycles. The van der Waals surface area contributed by atoms with Gasteiger partial charge < -0.3 is 19.9 Å². The van der Waals surface area contributed by atoms with Gasteiger partial charge in [0.1, 0.15) is 11.9 Å². The van der Waals surface area contributed by atoms with Crippen LogP contribution in [0.3, 0.4) is 0 Å². The highest BCUT2D eigenvalue weighted by Gasteiger charge is 2.34. The maximum Gasteiger partial charge on any atom is 0.414 e. The fourth-order valence-corrected chi connectivity index (χ4v) is 4.98. The second kappa shape index (κ2) is 9.86. The number of benzene rings is 1. The lowest BCUT2D eigenvalue weighted by Gasteiger charge is -2.41. The first-order valence-corrected chi connectivity index (χ1v) is 11.8. The van der Waals surface area contributed by atoms with Crippen LogP contribution in [0.15, 0.2) is 30.3 Å². The van der Waals surface area contributed by atoms with Crippen LogP contribution in [0.25, 0.3) is 0 Å². The van der Waals surface area contributed by atoms with Crippen LogP contribution < -0.4 is 15.1 Å². The largest absolute Gasteiger partial charge is 0.442 e. The molecule has 2 aliphatic heterocycles. The molecule has 1 aromatic carbocycles. The number of hydrogen-bond acceptors (Lipinski definition) is 8. The zero-order valence-electron chi connectivity index (χ0n) is 19.1. The van der Waals surface area contributed by atoms with Gasteiger partial charge in [-0.05, 0) is 31.2 Å². The average molecular weight is 506 g/mol. The van der Waals surface area contributed by atoms with Gasteiger partial charge in [0.05, 0.1) is 34.3 Å². The van der Waals surface area contributed by atoms with Crippen molar-refractivity contribution in [2.24, 2.45) is 0 Å². The summed E-state index contributed by atoms with van der Waals surface area (Å²) < 4.78 is 20.4. The van der Waals surface area contributed by atoms with Crippen LogP contribution in [0.2, 0.25) is 0 Å². The zero-order valence-corrected chi connectivity index (χ0v) is 19.9. The number of rotatable bonds is 6. The molecule has 2 atom stereocenters. The van der Waals surface area contributed by atoms with Gasteiger partial charge in [-0.15, -0.1) is 0 Å². The number of piperazine rings is 1. The van der Waals surface area contributed by atoms with Crippen molar-refractivity contribution in [3.8, 4) is 0 Å². The molecule has 0 radical (unpaired) electrons. The number of carbonyl (C=O) groups excluding carboxylic acids is 3. The SMILES string of the molecule is CC(=O)NC[C@H]1CN(c2ccc(N3CCN(C(=O)c4ccc([N+](=O)[O-])s4)CC3C)c(F)c2)C(=O)O1. The van der Waals surface area contributed by atoms with E-state index in [1.807, 2.05) is 11.8 Å². The number of ether oxygens (including phenoxy) is 1. The summed E-state index contributed by atoms with van der Waals surface area (Å²) in [4.78, 5) is 51.5. The summed E-state index contributed by atoms with van der Waals surface area (Å²) in [6, 6.07) is 7.05. The predicted molar refractivity (Wildman–Crippen MR) is 126 cm³/mol. The van der Waals surface area contributed by atoms with Gasteiger partial charge in [-0.2, -0.15) is 0 Å². The molecule has 11 nitrogen and oxygen atoms in total. The van der Waals surface area contributed by atoms with Crippen molar-refractivity contribution in [1.29, 1.82) is 0 Å². The molecule has 2 saturated heterocycles. The molecule has 2 aliphatic rings. The highest BCUT2D eigenvalue weighted by molar-refractivity contribution is 7.17. The average Bonchev–Trinajstić information content (AvgIpc) is 3.44. The number of carbonyl (C=O) groups is 3. The molecule has 13 heteroatoms. The van der Waals surface area contributed by atoms with Gasteiger partial charge in [-0.25, -0.2) is 9.18 Å². The van der Waals surface area contributed by atoms with Crippen LogP contribution in [-0.2, 0) is 9.53 Å². The Morgan fingerprint density at radius 2 is 2.03 bits per heavy atom. The first kappa shape index (κ1) is 24.4. The summed E-state index contributed by atoms with van der Waals surface area (Å²) in [6.07, 6.45) is -1.13. The first-order valence-electron chi connectivity index (χ1n) is 11.0. The number of halogens is 1. The third-order valence-electron chi connectivity index (χ3n) is 5.90. The molecule has 0 bridgehead atoms. The van der Waals surface area contributed by atoms with Crippen molar-refractivity contribution >= 4 is 45.6 Å². The van der Waals surface area contributed by atoms with E-state index in [-0.39, 0.29) is 35.9 Å². The van der Waals surface area contributed by atoms with Crippen LogP contribution in [0.1, 0.15) is 23.5 Å². The van der Waals surface area contributed by atoms with Crippen molar-refractivity contribution in [3.63, 3.8) is 0 Å². The van der Waals surface area contributed by atoms with E-state index in [0.717, 1.165) is 11.3 Å². The Morgan fingerprint density at radius 1 is 1.26 bits per heavy atom. The molecule has 3 amide bonds. The Morgan fingerprint density at radius 3 is 2.66 bits per heavy atom. The second-order valence-corrected chi connectivity index (χ2v) is 9.44. The number of nitro groups is 1. The van der Waals surface area contributed by atoms with Crippen LogP contribution in [0.4, 0.5) is 25.6 Å². The lowest BCUT2D eigenvalue weighted by Crippen LogP contribution is -2.54. The summed E-state index contributed by atoms with van der Waals surface area (Å²) in [6.45, 7) is 4.64. The molecule has 186 valence electrons. The molecule has 2 fully saturated rings. The highest BCUT2D eigenvalue weighted by atomic mass is 32.1. The number of hydrogen-bond donors (Lipinski definition) is 1. The molecular weight excluding hydrogens is 481 g/mol. The maximum absolute atomic E-state index is 15.1. The van der Waals surface area contributed by atoms with Crippen molar-refractivity contribution in [2.45, 2.75) is 26.0 Å². The van der Waals surface area contributed by atoms with Gasteiger partial charge >= 0.3 is 11.1 Å². The van der Waals surface area contributed by atoms with E-state index in [4.69, 9.17) is 4.74 Å². The van der Waals surface area contributed by atoms with Gasteiger partial charge in [0.15, 0.2) is 0 Å². The standard InChI is InChI=1S/C22H24FN5O6S/c1-13-11-25(21(30)19-5-6-20(35-19)28(32)33)7-8-26(13)18-4-3-15(9-17(18)23)27-12-16(34-22(27)31)10-24-14(2)29/h3-6,9,13,16H,7-8,10-12H2,1-2H3,(H,24,29)/t13?,16-/m0/s1.